The van der Waals surface area contributed by atoms with Crippen LogP contribution >= 0.6 is 11.8 Å². The van der Waals surface area contributed by atoms with Crippen LogP contribution in [0.15, 0.2) is 17.6 Å². The lowest BCUT2D eigenvalue weighted by Crippen LogP contribution is -2.41. The lowest BCUT2D eigenvalue weighted by atomic mass is 10.4. The van der Waals surface area contributed by atoms with Crippen molar-refractivity contribution < 1.29 is 9.53 Å². The van der Waals surface area contributed by atoms with Crippen molar-refractivity contribution in [3.8, 4) is 0 Å². The molecule has 1 amide bonds. The number of aromatic nitrogens is 2. The third-order valence-electron chi connectivity index (χ3n) is 2.96. The van der Waals surface area contributed by atoms with Crippen LogP contribution in [-0.4, -0.2) is 65.5 Å². The fourth-order valence-electron chi connectivity index (χ4n) is 1.85. The molecule has 1 aliphatic rings. The minimum Gasteiger partial charge on any atom is -0.379 e. The summed E-state index contributed by atoms with van der Waals surface area (Å²) in [7, 11) is 1.92. The summed E-state index contributed by atoms with van der Waals surface area (Å²) < 4.78 is 7.19. The number of amides is 1. The number of thioether (sulfide) groups is 1. The summed E-state index contributed by atoms with van der Waals surface area (Å²) in [5.74, 6) is 0.467. The first-order valence-electron chi connectivity index (χ1n) is 6.42. The van der Waals surface area contributed by atoms with E-state index in [0.29, 0.717) is 12.3 Å². The van der Waals surface area contributed by atoms with E-state index in [4.69, 9.17) is 4.74 Å². The molecule has 1 saturated heterocycles. The predicted octanol–water partition coefficient (Wildman–Crippen LogP) is -0.0394. The van der Waals surface area contributed by atoms with E-state index < -0.39 is 0 Å². The maximum Gasteiger partial charge on any atom is 0.230 e. The van der Waals surface area contributed by atoms with E-state index in [1.54, 1.807) is 6.20 Å². The monoisotopic (exact) mass is 284 g/mol. The zero-order valence-electron chi connectivity index (χ0n) is 11.2. The van der Waals surface area contributed by atoms with Gasteiger partial charge in [-0.15, -0.1) is 0 Å². The molecule has 0 atom stereocenters. The molecule has 0 radical (unpaired) electrons. The van der Waals surface area contributed by atoms with Crippen LogP contribution in [0.2, 0.25) is 0 Å². The first-order valence-corrected chi connectivity index (χ1v) is 7.41. The average molecular weight is 284 g/mol. The van der Waals surface area contributed by atoms with Gasteiger partial charge in [-0.25, -0.2) is 4.98 Å². The van der Waals surface area contributed by atoms with Gasteiger partial charge in [0.2, 0.25) is 5.91 Å². The molecule has 1 aliphatic heterocycles. The lowest BCUT2D eigenvalue weighted by Gasteiger charge is -2.26. The minimum absolute atomic E-state index is 0.0567. The number of rotatable bonds is 6. The van der Waals surface area contributed by atoms with Gasteiger partial charge in [0.15, 0.2) is 5.16 Å². The topological polar surface area (TPSA) is 59.4 Å². The van der Waals surface area contributed by atoms with Crippen LogP contribution in [0.3, 0.4) is 0 Å². The van der Waals surface area contributed by atoms with Gasteiger partial charge in [-0.2, -0.15) is 0 Å². The third-order valence-corrected chi connectivity index (χ3v) is 4.02. The molecule has 0 saturated carbocycles. The van der Waals surface area contributed by atoms with Crippen molar-refractivity contribution in [3.05, 3.63) is 12.4 Å². The van der Waals surface area contributed by atoms with E-state index in [1.807, 2.05) is 17.8 Å². The largest absolute Gasteiger partial charge is 0.379 e. The van der Waals surface area contributed by atoms with E-state index in [1.165, 1.54) is 11.8 Å². The van der Waals surface area contributed by atoms with Crippen LogP contribution in [0.25, 0.3) is 0 Å². The first kappa shape index (κ1) is 14.4. The van der Waals surface area contributed by atoms with E-state index in [0.717, 1.165) is 38.0 Å². The second kappa shape index (κ2) is 7.52. The van der Waals surface area contributed by atoms with Gasteiger partial charge in [-0.05, 0) is 0 Å². The Morgan fingerprint density at radius 2 is 2.32 bits per heavy atom. The number of aryl methyl sites for hydroxylation is 1. The highest BCUT2D eigenvalue weighted by Gasteiger charge is 2.10. The number of carbonyl (C=O) groups is 1. The lowest BCUT2D eigenvalue weighted by molar-refractivity contribution is -0.118. The van der Waals surface area contributed by atoms with Crippen molar-refractivity contribution in [2.75, 3.05) is 45.1 Å². The molecular formula is C12H20N4O2S. The number of ether oxygens (including phenoxy) is 1. The number of hydrogen-bond donors (Lipinski definition) is 1. The average Bonchev–Trinajstić information content (AvgIpc) is 2.83. The van der Waals surface area contributed by atoms with E-state index in [9.17, 15) is 4.79 Å². The van der Waals surface area contributed by atoms with Crippen LogP contribution in [0.1, 0.15) is 0 Å². The van der Waals surface area contributed by atoms with Crippen LogP contribution in [0.4, 0.5) is 0 Å². The highest BCUT2D eigenvalue weighted by Crippen LogP contribution is 2.13. The smallest absolute Gasteiger partial charge is 0.230 e. The molecule has 0 aromatic carbocycles. The molecular weight excluding hydrogens is 264 g/mol. The van der Waals surface area contributed by atoms with Crippen molar-refractivity contribution in [2.24, 2.45) is 7.05 Å². The van der Waals surface area contributed by atoms with Crippen LogP contribution in [0.5, 0.6) is 0 Å². The first-order chi connectivity index (χ1) is 9.25. The Kier molecular flexibility index (Phi) is 5.68. The van der Waals surface area contributed by atoms with Crippen LogP contribution in [0, 0.1) is 0 Å². The summed E-state index contributed by atoms with van der Waals surface area (Å²) >= 11 is 1.45. The van der Waals surface area contributed by atoms with Gasteiger partial charge >= 0.3 is 0 Å². The molecule has 1 aromatic heterocycles. The molecule has 1 N–H and O–H groups in total. The Hall–Kier alpha value is -1.05. The van der Waals surface area contributed by atoms with Crippen molar-refractivity contribution >= 4 is 17.7 Å². The molecule has 6 nitrogen and oxygen atoms in total. The number of carbonyl (C=O) groups excluding carboxylic acids is 1. The molecule has 0 aliphatic carbocycles. The van der Waals surface area contributed by atoms with Gasteiger partial charge in [0.25, 0.3) is 0 Å². The second-order valence-electron chi connectivity index (χ2n) is 4.41. The molecule has 2 heterocycles. The third kappa shape index (κ3) is 4.85. The quantitative estimate of drug-likeness (QED) is 0.743. The fraction of sp³-hybridized carbons (Fsp3) is 0.667. The van der Waals surface area contributed by atoms with Gasteiger partial charge in [-0.3, -0.25) is 9.69 Å². The standard InChI is InChI=1S/C12H20N4O2S/c1-15-4-2-14-12(15)19-10-11(17)13-3-5-16-6-8-18-9-7-16/h2,4H,3,5-10H2,1H3,(H,13,17). The van der Waals surface area contributed by atoms with Gasteiger partial charge in [0.05, 0.1) is 19.0 Å². The zero-order chi connectivity index (χ0) is 13.5. The van der Waals surface area contributed by atoms with E-state index in [2.05, 4.69) is 15.2 Å². The van der Waals surface area contributed by atoms with Gasteiger partial charge in [-0.1, -0.05) is 11.8 Å². The SMILES string of the molecule is Cn1ccnc1SCC(=O)NCCN1CCOCC1. The molecule has 19 heavy (non-hydrogen) atoms. The van der Waals surface area contributed by atoms with Crippen molar-refractivity contribution in [1.82, 2.24) is 19.8 Å². The van der Waals surface area contributed by atoms with Crippen molar-refractivity contribution in [2.45, 2.75) is 5.16 Å². The normalized spacial score (nSPS) is 16.5. The molecule has 106 valence electrons. The predicted molar refractivity (Wildman–Crippen MR) is 74.2 cm³/mol. The Balaban J connectivity index is 1.58. The maximum atomic E-state index is 11.7. The molecule has 0 spiro atoms. The fourth-order valence-corrected chi connectivity index (χ4v) is 2.61. The van der Waals surface area contributed by atoms with E-state index >= 15 is 0 Å². The second-order valence-corrected chi connectivity index (χ2v) is 5.36. The summed E-state index contributed by atoms with van der Waals surface area (Å²) in [4.78, 5) is 18.1. The summed E-state index contributed by atoms with van der Waals surface area (Å²) in [6.45, 7) is 5.09. The molecule has 1 fully saturated rings. The summed E-state index contributed by atoms with van der Waals surface area (Å²) in [5.41, 5.74) is 0. The Morgan fingerprint density at radius 1 is 1.53 bits per heavy atom. The Labute approximate surface area is 117 Å². The molecule has 7 heteroatoms. The molecule has 2 rings (SSSR count). The maximum absolute atomic E-state index is 11.7. The van der Waals surface area contributed by atoms with E-state index in [-0.39, 0.29) is 5.91 Å². The Bertz CT molecular complexity index is 404. The molecule has 0 unspecified atom stereocenters. The summed E-state index contributed by atoms with van der Waals surface area (Å²) in [6.07, 6.45) is 3.61. The van der Waals surface area contributed by atoms with Gasteiger partial charge in [0, 0.05) is 45.6 Å². The molecule has 1 aromatic rings. The summed E-state index contributed by atoms with van der Waals surface area (Å²) in [5, 5.41) is 3.80. The highest BCUT2D eigenvalue weighted by molar-refractivity contribution is 7.99. The van der Waals surface area contributed by atoms with Gasteiger partial charge < -0.3 is 14.6 Å². The number of nitrogens with zero attached hydrogens (tertiary/aromatic N) is 3. The number of morpholine rings is 1. The number of nitrogens with one attached hydrogen (secondary N) is 1. The summed E-state index contributed by atoms with van der Waals surface area (Å²) in [6, 6.07) is 0. The number of hydrogen-bond acceptors (Lipinski definition) is 5. The minimum atomic E-state index is 0.0567. The Morgan fingerprint density at radius 3 is 3.00 bits per heavy atom. The zero-order valence-corrected chi connectivity index (χ0v) is 12.0. The number of imidazole rings is 1. The molecule has 0 bridgehead atoms. The highest BCUT2D eigenvalue weighted by atomic mass is 32.2. The van der Waals surface area contributed by atoms with Crippen molar-refractivity contribution in [1.29, 1.82) is 0 Å². The van der Waals surface area contributed by atoms with Crippen molar-refractivity contribution in [3.63, 3.8) is 0 Å². The van der Waals surface area contributed by atoms with Crippen LogP contribution in [-0.2, 0) is 16.6 Å². The van der Waals surface area contributed by atoms with Crippen LogP contribution < -0.4 is 5.32 Å². The van der Waals surface area contributed by atoms with Gasteiger partial charge in [0.1, 0.15) is 0 Å².